The van der Waals surface area contributed by atoms with E-state index in [1.807, 2.05) is 6.20 Å². The zero-order valence-corrected chi connectivity index (χ0v) is 19.9. The van der Waals surface area contributed by atoms with Crippen LogP contribution in [0, 0.1) is 0 Å². The van der Waals surface area contributed by atoms with E-state index >= 15 is 0 Å². The Morgan fingerprint density at radius 3 is 2.72 bits per heavy atom. The molecule has 32 heavy (non-hydrogen) atoms. The number of para-hydroxylation sites is 1. The van der Waals surface area contributed by atoms with Crippen LogP contribution in [0.2, 0.25) is 0 Å². The Hall–Kier alpha value is -2.71. The number of hydrogen-bond donors (Lipinski definition) is 1. The fourth-order valence-corrected chi connectivity index (χ4v) is 6.05. The molecule has 0 amide bonds. The van der Waals surface area contributed by atoms with Gasteiger partial charge in [0.1, 0.15) is 10.5 Å². The zero-order chi connectivity index (χ0) is 22.4. The van der Waals surface area contributed by atoms with Crippen LogP contribution in [0.25, 0.3) is 21.3 Å². The Morgan fingerprint density at radius 2 is 1.97 bits per heavy atom. The number of anilines is 1. The lowest BCUT2D eigenvalue weighted by Gasteiger charge is -2.49. The van der Waals surface area contributed by atoms with Gasteiger partial charge in [0.05, 0.1) is 27.5 Å². The summed E-state index contributed by atoms with van der Waals surface area (Å²) in [6.07, 6.45) is 3.85. The summed E-state index contributed by atoms with van der Waals surface area (Å²) < 4.78 is 2.90. The molecule has 8 heteroatoms. The van der Waals surface area contributed by atoms with E-state index in [4.69, 9.17) is 4.98 Å². The van der Waals surface area contributed by atoms with Crippen molar-refractivity contribution in [3.8, 4) is 0 Å². The summed E-state index contributed by atoms with van der Waals surface area (Å²) in [6.45, 7) is 8.58. The maximum atomic E-state index is 12.7. The number of fused-ring (bicyclic) bond motifs is 2. The number of benzene rings is 1. The Balaban J connectivity index is 1.49. The Kier molecular flexibility index (Phi) is 5.51. The van der Waals surface area contributed by atoms with Gasteiger partial charge in [0, 0.05) is 44.5 Å². The fourth-order valence-electron chi connectivity index (χ4n) is 5.01. The molecule has 5 rings (SSSR count). The van der Waals surface area contributed by atoms with Crippen molar-refractivity contribution in [2.75, 3.05) is 18.0 Å². The van der Waals surface area contributed by atoms with E-state index in [0.717, 1.165) is 48.2 Å². The second-order valence-corrected chi connectivity index (χ2v) is 9.78. The largest absolute Gasteiger partial charge is 0.364 e. The first-order chi connectivity index (χ1) is 15.5. The number of nitrogens with one attached hydrogen (secondary N) is 1. The van der Waals surface area contributed by atoms with Gasteiger partial charge in [-0.2, -0.15) is 5.10 Å². The van der Waals surface area contributed by atoms with Crippen LogP contribution >= 0.6 is 11.3 Å². The molecule has 0 bridgehead atoms. The van der Waals surface area contributed by atoms with Gasteiger partial charge >= 0.3 is 0 Å². The van der Waals surface area contributed by atoms with E-state index in [1.165, 1.54) is 9.71 Å². The van der Waals surface area contributed by atoms with Crippen molar-refractivity contribution in [3.63, 3.8) is 0 Å². The molecule has 1 N–H and O–H groups in total. The van der Waals surface area contributed by atoms with Crippen molar-refractivity contribution in [2.45, 2.75) is 51.7 Å². The van der Waals surface area contributed by atoms with Crippen molar-refractivity contribution in [1.29, 1.82) is 0 Å². The number of nitrogens with zero attached hydrogens (tertiary/aromatic N) is 5. The number of pyridine rings is 1. The molecule has 1 aromatic carbocycles. The number of hydrogen-bond acceptors (Lipinski definition) is 6. The lowest BCUT2D eigenvalue weighted by molar-refractivity contribution is 0.101. The van der Waals surface area contributed by atoms with Crippen LogP contribution in [0.4, 0.5) is 5.69 Å². The number of aromatic amines is 1. The van der Waals surface area contributed by atoms with Crippen LogP contribution in [0.3, 0.4) is 0 Å². The summed E-state index contributed by atoms with van der Waals surface area (Å²) in [6, 6.07) is 11.1. The summed E-state index contributed by atoms with van der Waals surface area (Å²) in [5.41, 5.74) is 3.75. The minimum absolute atomic E-state index is 0.00192. The van der Waals surface area contributed by atoms with Crippen molar-refractivity contribution >= 4 is 38.3 Å². The van der Waals surface area contributed by atoms with E-state index in [1.54, 1.807) is 29.0 Å². The topological polar surface area (TPSA) is 70.1 Å². The minimum atomic E-state index is 0.00192. The SMILES string of the molecule is CC[C@H]1CN(C(C)c2nc3ccccc3s2)[C@H](CC)CN1c1cc(=O)n(C)c2c[nH]nc12. The van der Waals surface area contributed by atoms with E-state index < -0.39 is 0 Å². The molecule has 3 atom stereocenters. The van der Waals surface area contributed by atoms with Gasteiger partial charge in [-0.3, -0.25) is 14.8 Å². The number of aryl methyl sites for hydroxylation is 1. The van der Waals surface area contributed by atoms with Crippen LogP contribution in [-0.2, 0) is 7.05 Å². The Labute approximate surface area is 191 Å². The molecule has 0 aliphatic carbocycles. The van der Waals surface area contributed by atoms with E-state index in [0.29, 0.717) is 12.1 Å². The Morgan fingerprint density at radius 1 is 1.19 bits per heavy atom. The van der Waals surface area contributed by atoms with E-state index in [9.17, 15) is 4.79 Å². The van der Waals surface area contributed by atoms with Crippen molar-refractivity contribution in [2.24, 2.45) is 7.05 Å². The highest BCUT2D eigenvalue weighted by atomic mass is 32.1. The van der Waals surface area contributed by atoms with Gasteiger partial charge in [0.15, 0.2) is 0 Å². The Bertz CT molecular complexity index is 1270. The third kappa shape index (κ3) is 3.42. The third-order valence-corrected chi connectivity index (χ3v) is 8.18. The molecular formula is C24H30N6OS. The standard InChI is InChI=1S/C24H30N6OS/c1-5-16-14-30(19-11-22(31)28(4)20-12-25-27-23(19)20)17(6-2)13-29(16)15(3)24-26-18-9-7-8-10-21(18)32-24/h7-12,15-17H,5-6,13-14H2,1-4H3,(H,25,27)/t15?,16-,17+/m1/s1. The van der Waals surface area contributed by atoms with Gasteiger partial charge in [-0.05, 0) is 31.9 Å². The quantitative estimate of drug-likeness (QED) is 0.491. The predicted octanol–water partition coefficient (Wildman–Crippen LogP) is 4.31. The molecule has 1 aliphatic rings. The average Bonchev–Trinajstić information content (AvgIpc) is 3.47. The number of H-pyrrole nitrogens is 1. The van der Waals surface area contributed by atoms with Gasteiger partial charge in [-0.15, -0.1) is 11.3 Å². The van der Waals surface area contributed by atoms with Crippen LogP contribution < -0.4 is 10.5 Å². The van der Waals surface area contributed by atoms with Gasteiger partial charge in [-0.1, -0.05) is 26.0 Å². The summed E-state index contributed by atoms with van der Waals surface area (Å²) in [7, 11) is 1.80. The molecule has 1 saturated heterocycles. The van der Waals surface area contributed by atoms with Gasteiger partial charge in [0.2, 0.25) is 0 Å². The van der Waals surface area contributed by atoms with E-state index in [2.05, 4.69) is 65.0 Å². The number of thiazole rings is 1. The molecule has 0 radical (unpaired) electrons. The monoisotopic (exact) mass is 450 g/mol. The third-order valence-electron chi connectivity index (χ3n) is 6.97. The fraction of sp³-hybridized carbons (Fsp3) is 0.458. The lowest BCUT2D eigenvalue weighted by Crippen LogP contribution is -2.58. The van der Waals surface area contributed by atoms with Crippen LogP contribution in [0.1, 0.15) is 44.7 Å². The van der Waals surface area contributed by atoms with Crippen molar-refractivity contribution < 1.29 is 0 Å². The summed E-state index contributed by atoms with van der Waals surface area (Å²) >= 11 is 1.80. The summed E-state index contributed by atoms with van der Waals surface area (Å²) in [5.74, 6) is 0. The maximum Gasteiger partial charge on any atom is 0.252 e. The molecule has 7 nitrogen and oxygen atoms in total. The summed E-state index contributed by atoms with van der Waals surface area (Å²) in [4.78, 5) is 22.6. The zero-order valence-electron chi connectivity index (χ0n) is 19.1. The van der Waals surface area contributed by atoms with Crippen LogP contribution in [0.5, 0.6) is 0 Å². The average molecular weight is 451 g/mol. The van der Waals surface area contributed by atoms with Crippen molar-refractivity contribution in [3.05, 3.63) is 51.9 Å². The first-order valence-corrected chi connectivity index (χ1v) is 12.2. The highest BCUT2D eigenvalue weighted by molar-refractivity contribution is 7.18. The first-order valence-electron chi connectivity index (χ1n) is 11.4. The second-order valence-electron chi connectivity index (χ2n) is 8.72. The molecule has 4 aromatic rings. The highest BCUT2D eigenvalue weighted by Gasteiger charge is 2.37. The molecule has 1 unspecified atom stereocenters. The molecule has 1 fully saturated rings. The molecule has 3 aromatic heterocycles. The predicted molar refractivity (Wildman–Crippen MR) is 132 cm³/mol. The van der Waals surface area contributed by atoms with Gasteiger partial charge < -0.3 is 9.47 Å². The second kappa shape index (κ2) is 8.33. The van der Waals surface area contributed by atoms with Crippen LogP contribution in [-0.4, -0.2) is 49.8 Å². The first kappa shape index (κ1) is 21.2. The molecule has 0 spiro atoms. The highest BCUT2D eigenvalue weighted by Crippen LogP contribution is 2.36. The molecule has 1 aliphatic heterocycles. The molecule has 4 heterocycles. The maximum absolute atomic E-state index is 12.7. The van der Waals surface area contributed by atoms with Crippen molar-refractivity contribution in [1.82, 2.24) is 24.6 Å². The lowest BCUT2D eigenvalue weighted by atomic mass is 9.99. The normalized spacial score (nSPS) is 20.9. The van der Waals surface area contributed by atoms with Gasteiger partial charge in [0.25, 0.3) is 5.56 Å². The van der Waals surface area contributed by atoms with E-state index in [-0.39, 0.29) is 11.6 Å². The summed E-state index contributed by atoms with van der Waals surface area (Å²) in [5, 5.41) is 8.62. The minimum Gasteiger partial charge on any atom is -0.364 e. The van der Waals surface area contributed by atoms with Crippen LogP contribution in [0.15, 0.2) is 41.3 Å². The smallest absolute Gasteiger partial charge is 0.252 e. The van der Waals surface area contributed by atoms with Gasteiger partial charge in [-0.25, -0.2) is 4.98 Å². The number of piperazine rings is 1. The molecular weight excluding hydrogens is 420 g/mol. The number of aromatic nitrogens is 4. The number of rotatable bonds is 5. The molecule has 0 saturated carbocycles. The molecule has 168 valence electrons.